The molecule has 0 atom stereocenters. The van der Waals surface area contributed by atoms with E-state index in [1.807, 2.05) is 38.4 Å². The van der Waals surface area contributed by atoms with Gasteiger partial charge in [0, 0.05) is 17.7 Å². The number of nitrogens with zero attached hydrogens (tertiary/aromatic N) is 5. The molecule has 1 aromatic carbocycles. The van der Waals surface area contributed by atoms with Crippen molar-refractivity contribution in [3.05, 3.63) is 34.7 Å². The molecule has 0 aliphatic carbocycles. The number of fused-ring (bicyclic) bond motifs is 3. The molecule has 0 radical (unpaired) electrons. The molecule has 0 fully saturated rings. The number of hydrogen-bond acceptors (Lipinski definition) is 4. The van der Waals surface area contributed by atoms with Crippen LogP contribution >= 0.6 is 15.9 Å². The SMILES string of the molecule is Cc1nc(-c2cn3c(n2)-c2ccc(Br)cc2OCC3)n(C)n1. The summed E-state index contributed by atoms with van der Waals surface area (Å²) in [7, 11) is 1.88. The van der Waals surface area contributed by atoms with E-state index in [-0.39, 0.29) is 0 Å². The number of ether oxygens (including phenoxy) is 1. The molecule has 0 unspecified atom stereocenters. The lowest BCUT2D eigenvalue weighted by molar-refractivity contribution is 0.306. The maximum absolute atomic E-state index is 5.82. The van der Waals surface area contributed by atoms with Gasteiger partial charge in [-0.25, -0.2) is 14.6 Å². The molecule has 0 saturated heterocycles. The van der Waals surface area contributed by atoms with Crippen LogP contribution in [0.4, 0.5) is 0 Å². The van der Waals surface area contributed by atoms with Gasteiger partial charge in [-0.1, -0.05) is 15.9 Å². The van der Waals surface area contributed by atoms with E-state index in [1.165, 1.54) is 0 Å². The number of imidazole rings is 1. The van der Waals surface area contributed by atoms with Crippen LogP contribution in [0, 0.1) is 6.92 Å². The second kappa shape index (κ2) is 4.95. The highest BCUT2D eigenvalue weighted by atomic mass is 79.9. The zero-order chi connectivity index (χ0) is 15.3. The fourth-order valence-corrected chi connectivity index (χ4v) is 3.04. The first-order valence-corrected chi connectivity index (χ1v) is 7.79. The van der Waals surface area contributed by atoms with Crippen LogP contribution in [0.15, 0.2) is 28.9 Å². The summed E-state index contributed by atoms with van der Waals surface area (Å²) in [4.78, 5) is 9.23. The van der Waals surface area contributed by atoms with E-state index in [0.717, 1.165) is 45.5 Å². The van der Waals surface area contributed by atoms with Crippen LogP contribution in [-0.4, -0.2) is 30.9 Å². The van der Waals surface area contributed by atoms with Crippen LogP contribution in [0.5, 0.6) is 5.75 Å². The molecule has 6 nitrogen and oxygen atoms in total. The summed E-state index contributed by atoms with van der Waals surface area (Å²) < 4.78 is 10.7. The first-order valence-electron chi connectivity index (χ1n) is 7.00. The summed E-state index contributed by atoms with van der Waals surface area (Å²) >= 11 is 3.48. The lowest BCUT2D eigenvalue weighted by Gasteiger charge is -2.06. The molecule has 7 heteroatoms. The summed E-state index contributed by atoms with van der Waals surface area (Å²) in [5.41, 5.74) is 1.82. The molecule has 112 valence electrons. The number of halogens is 1. The predicted molar refractivity (Wildman–Crippen MR) is 85.6 cm³/mol. The first-order chi connectivity index (χ1) is 10.6. The van der Waals surface area contributed by atoms with Crippen molar-refractivity contribution >= 4 is 15.9 Å². The van der Waals surface area contributed by atoms with Crippen LogP contribution < -0.4 is 4.74 Å². The third kappa shape index (κ3) is 2.12. The van der Waals surface area contributed by atoms with Gasteiger partial charge in [0.05, 0.1) is 12.1 Å². The lowest BCUT2D eigenvalue weighted by Crippen LogP contribution is -2.04. The highest BCUT2D eigenvalue weighted by molar-refractivity contribution is 9.10. The summed E-state index contributed by atoms with van der Waals surface area (Å²) in [5.74, 6) is 3.26. The van der Waals surface area contributed by atoms with Crippen molar-refractivity contribution in [3.63, 3.8) is 0 Å². The largest absolute Gasteiger partial charge is 0.491 e. The average molecular weight is 360 g/mol. The Labute approximate surface area is 135 Å². The van der Waals surface area contributed by atoms with Gasteiger partial charge in [0.25, 0.3) is 0 Å². The Kier molecular flexibility index (Phi) is 3.04. The van der Waals surface area contributed by atoms with E-state index >= 15 is 0 Å². The Morgan fingerprint density at radius 1 is 1.23 bits per heavy atom. The van der Waals surface area contributed by atoms with Gasteiger partial charge in [-0.15, -0.1) is 0 Å². The Morgan fingerprint density at radius 2 is 2.09 bits per heavy atom. The maximum atomic E-state index is 5.82. The topological polar surface area (TPSA) is 57.8 Å². The number of aryl methyl sites for hydroxylation is 2. The Morgan fingerprint density at radius 3 is 2.86 bits per heavy atom. The van der Waals surface area contributed by atoms with Crippen molar-refractivity contribution in [3.8, 4) is 28.7 Å². The van der Waals surface area contributed by atoms with Crippen LogP contribution in [0.2, 0.25) is 0 Å². The second-order valence-electron chi connectivity index (χ2n) is 5.24. The third-order valence-corrected chi connectivity index (χ3v) is 4.14. The molecule has 2 aromatic heterocycles. The number of aromatic nitrogens is 5. The maximum Gasteiger partial charge on any atom is 0.178 e. The van der Waals surface area contributed by atoms with Gasteiger partial charge in [0.1, 0.15) is 29.7 Å². The van der Waals surface area contributed by atoms with E-state index in [2.05, 4.69) is 30.6 Å². The van der Waals surface area contributed by atoms with Gasteiger partial charge in [0.2, 0.25) is 0 Å². The minimum Gasteiger partial charge on any atom is -0.491 e. The monoisotopic (exact) mass is 359 g/mol. The number of rotatable bonds is 1. The standard InChI is InChI=1S/C15H14BrN5O/c1-9-17-15(20(2)19-9)12-8-21-5-6-22-13-7-10(16)3-4-11(13)14(21)18-12/h3-4,7-8H,5-6H2,1-2H3. The van der Waals surface area contributed by atoms with Crippen LogP contribution in [0.25, 0.3) is 22.9 Å². The molecular weight excluding hydrogens is 346 g/mol. The van der Waals surface area contributed by atoms with Crippen LogP contribution in [0.3, 0.4) is 0 Å². The van der Waals surface area contributed by atoms with Gasteiger partial charge in [-0.2, -0.15) is 5.10 Å². The molecule has 4 rings (SSSR count). The number of benzene rings is 1. The van der Waals surface area contributed by atoms with Crippen molar-refractivity contribution in [2.45, 2.75) is 13.5 Å². The molecule has 0 N–H and O–H groups in total. The van der Waals surface area contributed by atoms with E-state index in [1.54, 1.807) is 4.68 Å². The average Bonchev–Trinajstić information content (AvgIpc) is 2.98. The summed E-state index contributed by atoms with van der Waals surface area (Å²) in [6.07, 6.45) is 2.01. The third-order valence-electron chi connectivity index (χ3n) is 3.65. The minimum atomic E-state index is 0.615. The molecular formula is C15H14BrN5O. The van der Waals surface area contributed by atoms with Gasteiger partial charge in [-0.3, -0.25) is 0 Å². The fourth-order valence-electron chi connectivity index (χ4n) is 2.70. The van der Waals surface area contributed by atoms with Gasteiger partial charge < -0.3 is 9.30 Å². The second-order valence-corrected chi connectivity index (χ2v) is 6.15. The fraction of sp³-hybridized carbons (Fsp3) is 0.267. The predicted octanol–water partition coefficient (Wildman–Crippen LogP) is 2.81. The molecule has 0 amide bonds. The highest BCUT2D eigenvalue weighted by Gasteiger charge is 2.20. The highest BCUT2D eigenvalue weighted by Crippen LogP contribution is 2.35. The zero-order valence-corrected chi connectivity index (χ0v) is 13.8. The lowest BCUT2D eigenvalue weighted by atomic mass is 10.2. The van der Waals surface area contributed by atoms with E-state index in [4.69, 9.17) is 9.72 Å². The van der Waals surface area contributed by atoms with Crippen LogP contribution in [-0.2, 0) is 13.6 Å². The van der Waals surface area contributed by atoms with Crippen LogP contribution in [0.1, 0.15) is 5.82 Å². The van der Waals surface area contributed by atoms with Crippen molar-refractivity contribution in [1.82, 2.24) is 24.3 Å². The van der Waals surface area contributed by atoms with Crippen molar-refractivity contribution < 1.29 is 4.74 Å². The first kappa shape index (κ1) is 13.5. The zero-order valence-electron chi connectivity index (χ0n) is 12.2. The molecule has 0 spiro atoms. The van der Waals surface area contributed by atoms with Crippen molar-refractivity contribution in [2.24, 2.45) is 7.05 Å². The van der Waals surface area contributed by atoms with E-state index in [9.17, 15) is 0 Å². The van der Waals surface area contributed by atoms with Crippen molar-refractivity contribution in [1.29, 1.82) is 0 Å². The normalized spacial score (nSPS) is 13.2. The van der Waals surface area contributed by atoms with E-state index in [0.29, 0.717) is 6.61 Å². The minimum absolute atomic E-state index is 0.615. The van der Waals surface area contributed by atoms with Gasteiger partial charge >= 0.3 is 0 Å². The molecule has 0 saturated carbocycles. The molecule has 22 heavy (non-hydrogen) atoms. The Balaban J connectivity index is 1.88. The van der Waals surface area contributed by atoms with Gasteiger partial charge in [-0.05, 0) is 25.1 Å². The molecule has 3 heterocycles. The van der Waals surface area contributed by atoms with E-state index < -0.39 is 0 Å². The number of hydrogen-bond donors (Lipinski definition) is 0. The summed E-state index contributed by atoms with van der Waals surface area (Å²) in [6, 6.07) is 6.00. The Hall–Kier alpha value is -2.15. The molecule has 0 bridgehead atoms. The summed E-state index contributed by atoms with van der Waals surface area (Å²) in [6.45, 7) is 3.25. The Bertz CT molecular complexity index is 867. The summed E-state index contributed by atoms with van der Waals surface area (Å²) in [5, 5.41) is 4.29. The van der Waals surface area contributed by atoms with Gasteiger partial charge in [0.15, 0.2) is 5.82 Å². The molecule has 1 aliphatic rings. The molecule has 1 aliphatic heterocycles. The van der Waals surface area contributed by atoms with Crippen molar-refractivity contribution in [2.75, 3.05) is 6.61 Å². The molecule has 3 aromatic rings. The smallest absolute Gasteiger partial charge is 0.178 e. The quantitative estimate of drug-likeness (QED) is 0.670.